The third-order valence-electron chi connectivity index (χ3n) is 3.58. The van der Waals surface area contributed by atoms with Crippen molar-refractivity contribution in [2.45, 2.75) is 18.9 Å². The summed E-state index contributed by atoms with van der Waals surface area (Å²) in [6.07, 6.45) is 1.03. The summed E-state index contributed by atoms with van der Waals surface area (Å²) in [6, 6.07) is 14.7. The topological polar surface area (TPSA) is 64.3 Å². The lowest BCUT2D eigenvalue weighted by molar-refractivity contribution is -0.121. The fourth-order valence-electron chi connectivity index (χ4n) is 2.43. The zero-order valence-electron chi connectivity index (χ0n) is 13.5. The number of carbonyl (C=O) groups is 1. The number of nitrogens with one attached hydrogen (secondary N) is 1. The van der Waals surface area contributed by atoms with Gasteiger partial charge in [0.1, 0.15) is 5.75 Å². The summed E-state index contributed by atoms with van der Waals surface area (Å²) in [5.74, 6) is 0.642. The van der Waals surface area contributed by atoms with Crippen LogP contribution in [0.1, 0.15) is 30.0 Å². The molecule has 0 aliphatic heterocycles. The summed E-state index contributed by atoms with van der Waals surface area (Å²) in [4.78, 5) is 12.2. The molecule has 2 aromatic carbocycles. The predicted octanol–water partition coefficient (Wildman–Crippen LogP) is 3.71. The van der Waals surface area contributed by atoms with Crippen LogP contribution in [0.15, 0.2) is 48.5 Å². The Morgan fingerprint density at radius 1 is 1.17 bits per heavy atom. The van der Waals surface area contributed by atoms with E-state index in [9.17, 15) is 4.79 Å². The molecule has 0 aliphatic carbocycles. The standard InChI is InChI=1S/C18H21ClN2O2.ClH/c1-23-16-10-5-3-8-14(16)18(21-17(22)11-6-12-20)13-7-2-4-9-15(13)19;/h2-5,7-10,18H,6,11-12,20H2,1H3,(H,21,22);1H. The molecule has 0 saturated heterocycles. The van der Waals surface area contributed by atoms with E-state index in [1.165, 1.54) is 0 Å². The first kappa shape index (κ1) is 20.3. The zero-order chi connectivity index (χ0) is 16.7. The largest absolute Gasteiger partial charge is 0.496 e. The molecule has 2 aromatic rings. The third kappa shape index (κ3) is 5.13. The number of nitrogens with two attached hydrogens (primary N) is 1. The molecular formula is C18H22Cl2N2O2. The molecular weight excluding hydrogens is 347 g/mol. The van der Waals surface area contributed by atoms with Crippen LogP contribution in [-0.2, 0) is 4.79 Å². The number of ether oxygens (including phenoxy) is 1. The molecule has 0 radical (unpaired) electrons. The Kier molecular flexibility index (Phi) is 8.61. The van der Waals surface area contributed by atoms with Gasteiger partial charge in [0.05, 0.1) is 13.2 Å². The maximum Gasteiger partial charge on any atom is 0.220 e. The molecule has 0 heterocycles. The Labute approximate surface area is 153 Å². The summed E-state index contributed by atoms with van der Waals surface area (Å²) in [5, 5.41) is 3.64. The van der Waals surface area contributed by atoms with Gasteiger partial charge < -0.3 is 15.8 Å². The monoisotopic (exact) mass is 368 g/mol. The van der Waals surface area contributed by atoms with Crippen molar-refractivity contribution in [2.75, 3.05) is 13.7 Å². The van der Waals surface area contributed by atoms with E-state index in [1.54, 1.807) is 7.11 Å². The van der Waals surface area contributed by atoms with Gasteiger partial charge in [-0.15, -0.1) is 12.4 Å². The molecule has 1 unspecified atom stereocenters. The van der Waals surface area contributed by atoms with E-state index in [2.05, 4.69) is 5.32 Å². The Bertz CT molecular complexity index is 665. The van der Waals surface area contributed by atoms with Gasteiger partial charge in [-0.05, 0) is 30.7 Å². The van der Waals surface area contributed by atoms with Crippen molar-refractivity contribution >= 4 is 29.9 Å². The minimum absolute atomic E-state index is 0. The Balaban J connectivity index is 0.00000288. The first-order valence-electron chi connectivity index (χ1n) is 7.54. The van der Waals surface area contributed by atoms with Gasteiger partial charge >= 0.3 is 0 Å². The lowest BCUT2D eigenvalue weighted by Gasteiger charge is -2.23. The second-order valence-corrected chi connectivity index (χ2v) is 5.56. The van der Waals surface area contributed by atoms with Gasteiger partial charge in [-0.2, -0.15) is 0 Å². The van der Waals surface area contributed by atoms with Crippen molar-refractivity contribution < 1.29 is 9.53 Å². The normalized spacial score (nSPS) is 11.3. The summed E-state index contributed by atoms with van der Waals surface area (Å²) in [5.41, 5.74) is 7.18. The van der Waals surface area contributed by atoms with Crippen LogP contribution in [0.2, 0.25) is 5.02 Å². The third-order valence-corrected chi connectivity index (χ3v) is 3.92. The van der Waals surface area contributed by atoms with Crippen LogP contribution in [0.5, 0.6) is 5.75 Å². The highest BCUT2D eigenvalue weighted by atomic mass is 35.5. The van der Waals surface area contributed by atoms with Gasteiger partial charge in [-0.1, -0.05) is 48.0 Å². The van der Waals surface area contributed by atoms with Crippen LogP contribution in [-0.4, -0.2) is 19.6 Å². The van der Waals surface area contributed by atoms with Crippen molar-refractivity contribution in [2.24, 2.45) is 5.73 Å². The fraction of sp³-hybridized carbons (Fsp3) is 0.278. The van der Waals surface area contributed by atoms with Crippen LogP contribution in [0.25, 0.3) is 0 Å². The van der Waals surface area contributed by atoms with Gasteiger partial charge in [0.25, 0.3) is 0 Å². The van der Waals surface area contributed by atoms with Gasteiger partial charge in [-0.25, -0.2) is 0 Å². The number of halogens is 2. The van der Waals surface area contributed by atoms with Gasteiger partial charge in [0.2, 0.25) is 5.91 Å². The van der Waals surface area contributed by atoms with Crippen LogP contribution in [0.4, 0.5) is 0 Å². The van der Waals surface area contributed by atoms with E-state index < -0.39 is 0 Å². The first-order chi connectivity index (χ1) is 11.2. The van der Waals surface area contributed by atoms with Crippen molar-refractivity contribution in [3.8, 4) is 5.75 Å². The highest BCUT2D eigenvalue weighted by Crippen LogP contribution is 2.33. The number of hydrogen-bond acceptors (Lipinski definition) is 3. The van der Waals surface area contributed by atoms with Crippen LogP contribution < -0.4 is 15.8 Å². The second kappa shape index (κ2) is 10.2. The van der Waals surface area contributed by atoms with E-state index in [4.69, 9.17) is 22.1 Å². The Morgan fingerprint density at radius 2 is 1.79 bits per heavy atom. The molecule has 24 heavy (non-hydrogen) atoms. The number of carbonyl (C=O) groups excluding carboxylic acids is 1. The number of hydrogen-bond donors (Lipinski definition) is 2. The van der Waals surface area contributed by atoms with Gasteiger partial charge in [0.15, 0.2) is 0 Å². The molecule has 1 atom stereocenters. The lowest BCUT2D eigenvalue weighted by Crippen LogP contribution is -2.30. The van der Waals surface area contributed by atoms with Crippen LogP contribution in [0.3, 0.4) is 0 Å². The minimum atomic E-state index is -0.370. The molecule has 0 bridgehead atoms. The number of rotatable bonds is 7. The molecule has 0 aliphatic rings. The van der Waals surface area contributed by atoms with E-state index in [0.29, 0.717) is 30.2 Å². The van der Waals surface area contributed by atoms with E-state index in [0.717, 1.165) is 11.1 Å². The summed E-state index contributed by atoms with van der Waals surface area (Å²) in [7, 11) is 1.61. The van der Waals surface area contributed by atoms with E-state index in [1.807, 2.05) is 48.5 Å². The number of para-hydroxylation sites is 1. The average molecular weight is 369 g/mol. The highest BCUT2D eigenvalue weighted by Gasteiger charge is 2.22. The highest BCUT2D eigenvalue weighted by molar-refractivity contribution is 6.31. The Hall–Kier alpha value is -1.75. The molecule has 0 saturated carbocycles. The quantitative estimate of drug-likeness (QED) is 0.782. The SMILES string of the molecule is COc1ccccc1C(NC(=O)CCCN)c1ccccc1Cl.Cl. The number of benzene rings is 2. The van der Waals surface area contributed by atoms with E-state index >= 15 is 0 Å². The van der Waals surface area contributed by atoms with Crippen molar-refractivity contribution in [1.82, 2.24) is 5.32 Å². The molecule has 6 heteroatoms. The summed E-state index contributed by atoms with van der Waals surface area (Å²) < 4.78 is 5.44. The molecule has 0 spiro atoms. The average Bonchev–Trinajstić information content (AvgIpc) is 2.58. The van der Waals surface area contributed by atoms with Crippen LogP contribution in [0, 0.1) is 0 Å². The maximum atomic E-state index is 12.2. The molecule has 3 N–H and O–H groups in total. The lowest BCUT2D eigenvalue weighted by atomic mass is 9.97. The van der Waals surface area contributed by atoms with Crippen LogP contribution >= 0.6 is 24.0 Å². The first-order valence-corrected chi connectivity index (χ1v) is 7.92. The molecule has 0 aromatic heterocycles. The molecule has 0 fully saturated rings. The zero-order valence-corrected chi connectivity index (χ0v) is 15.1. The van der Waals surface area contributed by atoms with Gasteiger partial charge in [-0.3, -0.25) is 4.79 Å². The summed E-state index contributed by atoms with van der Waals surface area (Å²) >= 11 is 6.34. The predicted molar refractivity (Wildman–Crippen MR) is 100.0 cm³/mol. The Morgan fingerprint density at radius 3 is 2.42 bits per heavy atom. The van der Waals surface area contributed by atoms with Crippen molar-refractivity contribution in [3.05, 3.63) is 64.7 Å². The minimum Gasteiger partial charge on any atom is -0.496 e. The van der Waals surface area contributed by atoms with Gasteiger partial charge in [0, 0.05) is 17.0 Å². The number of amides is 1. The maximum absolute atomic E-state index is 12.2. The number of methoxy groups -OCH3 is 1. The second-order valence-electron chi connectivity index (χ2n) is 5.16. The van der Waals surface area contributed by atoms with E-state index in [-0.39, 0.29) is 24.4 Å². The molecule has 130 valence electrons. The fourth-order valence-corrected chi connectivity index (χ4v) is 2.68. The van der Waals surface area contributed by atoms with Crippen molar-refractivity contribution in [1.29, 1.82) is 0 Å². The molecule has 2 rings (SSSR count). The van der Waals surface area contributed by atoms with Crippen molar-refractivity contribution in [3.63, 3.8) is 0 Å². The molecule has 4 nitrogen and oxygen atoms in total. The summed E-state index contributed by atoms with van der Waals surface area (Å²) in [6.45, 7) is 0.485. The molecule has 1 amide bonds. The smallest absolute Gasteiger partial charge is 0.220 e.